The molecule has 1 saturated heterocycles. The number of ether oxygens (including phenoxy) is 1. The van der Waals surface area contributed by atoms with E-state index in [1.807, 2.05) is 15.9 Å². The maximum absolute atomic E-state index is 14.1. The molecule has 2 aliphatic rings. The van der Waals surface area contributed by atoms with Gasteiger partial charge in [0.25, 0.3) is 0 Å². The van der Waals surface area contributed by atoms with Crippen LogP contribution in [-0.4, -0.2) is 55.5 Å². The van der Waals surface area contributed by atoms with Gasteiger partial charge in [0.05, 0.1) is 12.3 Å². The Bertz CT molecular complexity index is 1020. The van der Waals surface area contributed by atoms with E-state index in [1.54, 1.807) is 43.3 Å². The lowest BCUT2D eigenvalue weighted by atomic mass is 9.91. The van der Waals surface area contributed by atoms with Crippen LogP contribution < -0.4 is 10.2 Å². The number of benzene rings is 2. The summed E-state index contributed by atoms with van der Waals surface area (Å²) in [7, 11) is 0. The van der Waals surface area contributed by atoms with E-state index in [-0.39, 0.29) is 12.4 Å². The summed E-state index contributed by atoms with van der Waals surface area (Å²) in [4.78, 5) is 34.1. The molecule has 2 atom stereocenters. The van der Waals surface area contributed by atoms with Crippen LogP contribution in [0.1, 0.15) is 18.5 Å². The third-order valence-corrected chi connectivity index (χ3v) is 5.87. The molecule has 0 radical (unpaired) electrons. The molecular formula is C23H24ClFN4O3. The van der Waals surface area contributed by atoms with Crippen molar-refractivity contribution in [3.63, 3.8) is 0 Å². The predicted molar refractivity (Wildman–Crippen MR) is 120 cm³/mol. The zero-order chi connectivity index (χ0) is 22.7. The number of nitrogens with zero attached hydrogens (tertiary/aromatic N) is 3. The number of nitrogens with one attached hydrogen (secondary N) is 1. The second-order valence-corrected chi connectivity index (χ2v) is 8.03. The fourth-order valence-electron chi connectivity index (χ4n) is 3.99. The van der Waals surface area contributed by atoms with E-state index in [4.69, 9.17) is 21.3 Å². The Morgan fingerprint density at radius 2 is 1.78 bits per heavy atom. The van der Waals surface area contributed by atoms with Crippen molar-refractivity contribution in [1.29, 1.82) is 0 Å². The van der Waals surface area contributed by atoms with Crippen LogP contribution in [-0.2, 0) is 14.3 Å². The number of esters is 1. The maximum Gasteiger partial charge on any atom is 0.321 e. The fraction of sp³-hybridized carbons (Fsp3) is 0.348. The van der Waals surface area contributed by atoms with Gasteiger partial charge in [-0.05, 0) is 36.8 Å². The smallest absolute Gasteiger partial charge is 0.321 e. The molecule has 1 N–H and O–H groups in total. The molecule has 0 saturated carbocycles. The van der Waals surface area contributed by atoms with E-state index < -0.39 is 23.8 Å². The van der Waals surface area contributed by atoms with Crippen molar-refractivity contribution in [1.82, 2.24) is 10.2 Å². The molecule has 32 heavy (non-hydrogen) atoms. The van der Waals surface area contributed by atoms with Gasteiger partial charge in [-0.1, -0.05) is 35.9 Å². The van der Waals surface area contributed by atoms with Gasteiger partial charge in [0, 0.05) is 31.2 Å². The molecule has 168 valence electrons. The molecule has 2 aromatic carbocycles. The number of anilines is 1. The fourth-order valence-corrected chi connectivity index (χ4v) is 4.12. The van der Waals surface area contributed by atoms with E-state index in [1.165, 1.54) is 6.07 Å². The van der Waals surface area contributed by atoms with E-state index in [0.717, 1.165) is 0 Å². The number of para-hydroxylation sites is 1. The summed E-state index contributed by atoms with van der Waals surface area (Å²) in [5, 5.41) is 3.32. The third-order valence-electron chi connectivity index (χ3n) is 5.62. The SMILES string of the molecule is CCOC(=O)[C@@H]1C(=O)NC(N2CCN(c3ccccc3F)CC2)=N[C@H]1c1ccc(Cl)cc1. The summed E-state index contributed by atoms with van der Waals surface area (Å²) in [6.45, 7) is 4.10. The average molecular weight is 459 g/mol. The van der Waals surface area contributed by atoms with Crippen LogP contribution in [0.4, 0.5) is 10.1 Å². The number of rotatable bonds is 4. The number of amides is 1. The van der Waals surface area contributed by atoms with Gasteiger partial charge in [-0.15, -0.1) is 0 Å². The zero-order valence-corrected chi connectivity index (χ0v) is 18.4. The highest BCUT2D eigenvalue weighted by atomic mass is 35.5. The van der Waals surface area contributed by atoms with Crippen LogP contribution in [0.15, 0.2) is 53.5 Å². The lowest BCUT2D eigenvalue weighted by Gasteiger charge is -2.39. The minimum Gasteiger partial charge on any atom is -0.465 e. The number of carbonyl (C=O) groups excluding carboxylic acids is 2. The molecule has 0 spiro atoms. The summed E-state index contributed by atoms with van der Waals surface area (Å²) in [6, 6.07) is 12.9. The maximum atomic E-state index is 14.1. The van der Waals surface area contributed by atoms with Gasteiger partial charge in [0.1, 0.15) is 11.9 Å². The van der Waals surface area contributed by atoms with E-state index in [9.17, 15) is 14.0 Å². The number of piperazine rings is 1. The average Bonchev–Trinajstić information content (AvgIpc) is 2.79. The molecule has 0 unspecified atom stereocenters. The summed E-state index contributed by atoms with van der Waals surface area (Å²) in [5.41, 5.74) is 1.26. The van der Waals surface area contributed by atoms with Crippen LogP contribution in [0.5, 0.6) is 0 Å². The summed E-state index contributed by atoms with van der Waals surface area (Å²) in [6.07, 6.45) is 0. The molecule has 7 nitrogen and oxygen atoms in total. The molecule has 0 aliphatic carbocycles. The van der Waals surface area contributed by atoms with Gasteiger partial charge < -0.3 is 14.5 Å². The van der Waals surface area contributed by atoms with Crippen molar-refractivity contribution in [2.45, 2.75) is 13.0 Å². The van der Waals surface area contributed by atoms with Crippen LogP contribution in [0.2, 0.25) is 5.02 Å². The minimum absolute atomic E-state index is 0.171. The lowest BCUT2D eigenvalue weighted by Crippen LogP contribution is -2.57. The van der Waals surface area contributed by atoms with Crippen LogP contribution in [0.25, 0.3) is 0 Å². The quantitative estimate of drug-likeness (QED) is 0.563. The molecule has 0 aromatic heterocycles. The highest BCUT2D eigenvalue weighted by Gasteiger charge is 2.42. The first kappa shape index (κ1) is 22.1. The van der Waals surface area contributed by atoms with Gasteiger partial charge in [-0.25, -0.2) is 9.38 Å². The van der Waals surface area contributed by atoms with E-state index in [0.29, 0.717) is 48.4 Å². The Labute approximate surface area is 190 Å². The van der Waals surface area contributed by atoms with Crippen LogP contribution >= 0.6 is 11.6 Å². The van der Waals surface area contributed by atoms with Crippen molar-refractivity contribution in [3.8, 4) is 0 Å². The number of guanidine groups is 1. The molecule has 2 heterocycles. The molecule has 1 fully saturated rings. The Hall–Kier alpha value is -3.13. The van der Waals surface area contributed by atoms with Crippen molar-refractivity contribution in [2.24, 2.45) is 10.9 Å². The zero-order valence-electron chi connectivity index (χ0n) is 17.6. The van der Waals surface area contributed by atoms with Crippen LogP contribution in [0, 0.1) is 11.7 Å². The third kappa shape index (κ3) is 4.55. The Kier molecular flexibility index (Phi) is 6.60. The number of aliphatic imine (C=N–C) groups is 1. The molecular weight excluding hydrogens is 435 g/mol. The Morgan fingerprint density at radius 3 is 2.44 bits per heavy atom. The van der Waals surface area contributed by atoms with Gasteiger partial charge in [0.15, 0.2) is 5.92 Å². The number of carbonyl (C=O) groups is 2. The molecule has 4 rings (SSSR count). The largest absolute Gasteiger partial charge is 0.465 e. The molecule has 0 bridgehead atoms. The summed E-state index contributed by atoms with van der Waals surface area (Å²) in [5.74, 6) is -2.00. The van der Waals surface area contributed by atoms with Gasteiger partial charge in [0.2, 0.25) is 11.9 Å². The van der Waals surface area contributed by atoms with Gasteiger partial charge >= 0.3 is 5.97 Å². The second kappa shape index (κ2) is 9.56. The predicted octanol–water partition coefficient (Wildman–Crippen LogP) is 3.01. The van der Waals surface area contributed by atoms with E-state index >= 15 is 0 Å². The lowest BCUT2D eigenvalue weighted by molar-refractivity contribution is -0.153. The Morgan fingerprint density at radius 1 is 1.12 bits per heavy atom. The first-order valence-corrected chi connectivity index (χ1v) is 10.9. The van der Waals surface area contributed by atoms with Crippen molar-refractivity contribution in [3.05, 3.63) is 64.9 Å². The number of hydrogen-bond acceptors (Lipinski definition) is 6. The van der Waals surface area contributed by atoms with Crippen molar-refractivity contribution < 1.29 is 18.7 Å². The summed E-state index contributed by atoms with van der Waals surface area (Å²) < 4.78 is 19.3. The first-order chi connectivity index (χ1) is 15.5. The van der Waals surface area contributed by atoms with Crippen molar-refractivity contribution >= 4 is 35.1 Å². The molecule has 1 amide bonds. The van der Waals surface area contributed by atoms with E-state index in [2.05, 4.69) is 5.32 Å². The molecule has 2 aromatic rings. The monoisotopic (exact) mass is 458 g/mol. The highest BCUT2D eigenvalue weighted by molar-refractivity contribution is 6.30. The topological polar surface area (TPSA) is 74.2 Å². The van der Waals surface area contributed by atoms with Crippen LogP contribution in [0.3, 0.4) is 0 Å². The summed E-state index contributed by atoms with van der Waals surface area (Å²) >= 11 is 6.01. The van der Waals surface area contributed by atoms with Gasteiger partial charge in [-0.2, -0.15) is 0 Å². The molecule has 2 aliphatic heterocycles. The number of halogens is 2. The van der Waals surface area contributed by atoms with Gasteiger partial charge in [-0.3, -0.25) is 14.9 Å². The number of hydrogen-bond donors (Lipinski definition) is 1. The first-order valence-electron chi connectivity index (χ1n) is 10.5. The highest BCUT2D eigenvalue weighted by Crippen LogP contribution is 2.32. The molecule has 9 heteroatoms. The standard InChI is InChI=1S/C23H24ClFN4O3/c1-2-32-22(31)19-20(15-7-9-16(24)10-8-15)26-23(27-21(19)30)29-13-11-28(12-14-29)18-6-4-3-5-17(18)25/h3-10,19-20H,2,11-14H2,1H3,(H,26,27,30)/t19-,20-/m0/s1. The normalized spacial score (nSPS) is 21.1. The second-order valence-electron chi connectivity index (χ2n) is 7.59. The van der Waals surface area contributed by atoms with Crippen molar-refractivity contribution in [2.75, 3.05) is 37.7 Å². The Balaban J connectivity index is 1.56. The minimum atomic E-state index is -1.08.